The fraction of sp³-hybridized carbons (Fsp3) is 0.0588. The van der Waals surface area contributed by atoms with Gasteiger partial charge < -0.3 is 4.74 Å². The lowest BCUT2D eigenvalue weighted by Gasteiger charge is -1.99. The quantitative estimate of drug-likeness (QED) is 0.624. The van der Waals surface area contributed by atoms with E-state index in [-0.39, 0.29) is 11.6 Å². The molecule has 0 saturated heterocycles. The third kappa shape index (κ3) is 2.74. The van der Waals surface area contributed by atoms with Gasteiger partial charge in [-0.15, -0.1) is 0 Å². The van der Waals surface area contributed by atoms with Crippen LogP contribution in [0.25, 0.3) is 6.08 Å². The highest BCUT2D eigenvalue weighted by Gasteiger charge is 2.24. The van der Waals surface area contributed by atoms with Gasteiger partial charge in [0.1, 0.15) is 5.82 Å². The van der Waals surface area contributed by atoms with E-state index in [2.05, 4.69) is 4.99 Å². The molecule has 1 aliphatic heterocycles. The average molecular weight is 281 g/mol. The molecule has 0 amide bonds. The summed E-state index contributed by atoms with van der Waals surface area (Å²) in [5.74, 6) is -0.742. The van der Waals surface area contributed by atoms with Crippen molar-refractivity contribution in [2.45, 2.75) is 6.92 Å². The lowest BCUT2D eigenvalue weighted by atomic mass is 10.1. The van der Waals surface area contributed by atoms with Crippen LogP contribution in [-0.2, 0) is 9.53 Å². The van der Waals surface area contributed by atoms with Crippen molar-refractivity contribution in [3.05, 3.63) is 76.7 Å². The summed E-state index contributed by atoms with van der Waals surface area (Å²) in [6.07, 6.45) is 1.39. The van der Waals surface area contributed by atoms with Crippen molar-refractivity contribution in [1.82, 2.24) is 0 Å². The molecule has 0 aromatic heterocycles. The molecule has 3 rings (SSSR count). The monoisotopic (exact) mass is 281 g/mol. The molecule has 4 heteroatoms. The lowest BCUT2D eigenvalue weighted by Crippen LogP contribution is -2.05. The molecule has 0 N–H and O–H groups in total. The summed E-state index contributed by atoms with van der Waals surface area (Å²) in [5.41, 5.74) is 2.21. The predicted octanol–water partition coefficient (Wildman–Crippen LogP) is 3.48. The van der Waals surface area contributed by atoms with Crippen molar-refractivity contribution in [3.63, 3.8) is 0 Å². The van der Waals surface area contributed by atoms with E-state index in [9.17, 15) is 9.18 Å². The van der Waals surface area contributed by atoms with E-state index in [1.807, 2.05) is 31.2 Å². The number of halogens is 1. The fourth-order valence-electron chi connectivity index (χ4n) is 1.97. The van der Waals surface area contributed by atoms with Crippen LogP contribution in [0.5, 0.6) is 0 Å². The number of carbonyl (C=O) groups excluding carboxylic acids is 1. The molecular weight excluding hydrogens is 269 g/mol. The van der Waals surface area contributed by atoms with Crippen molar-refractivity contribution in [2.75, 3.05) is 0 Å². The van der Waals surface area contributed by atoms with E-state index >= 15 is 0 Å². The van der Waals surface area contributed by atoms with Crippen LogP contribution >= 0.6 is 0 Å². The molecule has 0 bridgehead atoms. The number of cyclic esters (lactones) is 1. The van der Waals surface area contributed by atoms with Gasteiger partial charge in [0, 0.05) is 11.1 Å². The second kappa shape index (κ2) is 5.32. The number of hydrogen-bond donors (Lipinski definition) is 0. The SMILES string of the molecule is Cc1ccc(C2=N/C(=C\c3ccccc3F)C(=O)O2)cc1. The topological polar surface area (TPSA) is 38.7 Å². The maximum atomic E-state index is 13.6. The van der Waals surface area contributed by atoms with Gasteiger partial charge >= 0.3 is 5.97 Å². The van der Waals surface area contributed by atoms with Gasteiger partial charge in [-0.1, -0.05) is 35.9 Å². The summed E-state index contributed by atoms with van der Waals surface area (Å²) >= 11 is 0. The molecule has 2 aromatic carbocycles. The average Bonchev–Trinajstić information content (AvgIpc) is 2.83. The van der Waals surface area contributed by atoms with E-state index < -0.39 is 11.8 Å². The Morgan fingerprint density at radius 3 is 2.52 bits per heavy atom. The lowest BCUT2D eigenvalue weighted by molar-refractivity contribution is -0.129. The second-order valence-corrected chi connectivity index (χ2v) is 4.72. The summed E-state index contributed by atoms with van der Waals surface area (Å²) < 4.78 is 18.7. The molecule has 104 valence electrons. The van der Waals surface area contributed by atoms with Crippen LogP contribution in [0.1, 0.15) is 16.7 Å². The highest BCUT2D eigenvalue weighted by Crippen LogP contribution is 2.20. The van der Waals surface area contributed by atoms with Crippen molar-refractivity contribution in [1.29, 1.82) is 0 Å². The normalized spacial score (nSPS) is 16.0. The first kappa shape index (κ1) is 13.2. The Kier molecular flexibility index (Phi) is 3.36. The number of benzene rings is 2. The van der Waals surface area contributed by atoms with E-state index in [0.29, 0.717) is 11.1 Å². The number of hydrogen-bond acceptors (Lipinski definition) is 3. The van der Waals surface area contributed by atoms with Crippen molar-refractivity contribution in [3.8, 4) is 0 Å². The minimum atomic E-state index is -0.575. The Bertz CT molecular complexity index is 761. The van der Waals surface area contributed by atoms with Gasteiger partial charge in [-0.2, -0.15) is 0 Å². The standard InChI is InChI=1S/C17H12FNO2/c1-11-6-8-12(9-7-11)16-19-15(17(20)21-16)10-13-4-2-3-5-14(13)18/h2-10H,1H3/b15-10-. The zero-order valence-electron chi connectivity index (χ0n) is 11.3. The maximum absolute atomic E-state index is 13.6. The molecule has 0 aliphatic carbocycles. The number of carbonyl (C=O) groups is 1. The Balaban J connectivity index is 1.96. The van der Waals surface area contributed by atoms with Gasteiger partial charge in [-0.25, -0.2) is 14.2 Å². The molecule has 0 atom stereocenters. The molecule has 1 aliphatic rings. The molecule has 2 aromatic rings. The Morgan fingerprint density at radius 2 is 1.81 bits per heavy atom. The third-order valence-corrected chi connectivity index (χ3v) is 3.12. The Hall–Kier alpha value is -2.75. The molecule has 21 heavy (non-hydrogen) atoms. The van der Waals surface area contributed by atoms with Gasteiger partial charge in [0.15, 0.2) is 5.70 Å². The predicted molar refractivity (Wildman–Crippen MR) is 78.2 cm³/mol. The molecule has 0 spiro atoms. The van der Waals surface area contributed by atoms with Crippen LogP contribution in [0.3, 0.4) is 0 Å². The molecular formula is C17H12FNO2. The number of ether oxygens (including phenoxy) is 1. The van der Waals surface area contributed by atoms with Crippen molar-refractivity contribution >= 4 is 17.9 Å². The summed E-state index contributed by atoms with van der Waals surface area (Å²) in [6, 6.07) is 13.7. The first-order chi connectivity index (χ1) is 10.1. The summed E-state index contributed by atoms with van der Waals surface area (Å²) in [5, 5.41) is 0. The van der Waals surface area contributed by atoms with Crippen LogP contribution in [0, 0.1) is 12.7 Å². The maximum Gasteiger partial charge on any atom is 0.363 e. The van der Waals surface area contributed by atoms with Gasteiger partial charge in [0.05, 0.1) is 0 Å². The minimum Gasteiger partial charge on any atom is -0.402 e. The first-order valence-corrected chi connectivity index (χ1v) is 6.47. The zero-order chi connectivity index (χ0) is 14.8. The van der Waals surface area contributed by atoms with Crippen LogP contribution in [0.15, 0.2) is 59.2 Å². The van der Waals surface area contributed by atoms with E-state index in [0.717, 1.165) is 5.56 Å². The van der Waals surface area contributed by atoms with E-state index in [1.165, 1.54) is 12.1 Å². The van der Waals surface area contributed by atoms with Gasteiger partial charge in [-0.05, 0) is 31.2 Å². The van der Waals surface area contributed by atoms with Crippen LogP contribution in [-0.4, -0.2) is 11.9 Å². The van der Waals surface area contributed by atoms with Gasteiger partial charge in [0.25, 0.3) is 0 Å². The number of aliphatic imine (C=N–C) groups is 1. The van der Waals surface area contributed by atoms with Crippen LogP contribution < -0.4 is 0 Å². The molecule has 0 fully saturated rings. The van der Waals surface area contributed by atoms with Crippen LogP contribution in [0.4, 0.5) is 4.39 Å². The first-order valence-electron chi connectivity index (χ1n) is 6.47. The number of esters is 1. The van der Waals surface area contributed by atoms with E-state index in [1.54, 1.807) is 18.2 Å². The molecule has 1 heterocycles. The third-order valence-electron chi connectivity index (χ3n) is 3.12. The van der Waals surface area contributed by atoms with Crippen LogP contribution in [0.2, 0.25) is 0 Å². The van der Waals surface area contributed by atoms with E-state index in [4.69, 9.17) is 4.74 Å². The minimum absolute atomic E-state index is 0.0932. The van der Waals surface area contributed by atoms with Crippen molar-refractivity contribution in [2.24, 2.45) is 4.99 Å². The van der Waals surface area contributed by atoms with Crippen molar-refractivity contribution < 1.29 is 13.9 Å². The second-order valence-electron chi connectivity index (χ2n) is 4.72. The Labute approximate surface area is 121 Å². The largest absolute Gasteiger partial charge is 0.402 e. The molecule has 0 saturated carbocycles. The molecule has 0 unspecified atom stereocenters. The number of aryl methyl sites for hydroxylation is 1. The summed E-state index contributed by atoms with van der Waals surface area (Å²) in [4.78, 5) is 16.0. The molecule has 0 radical (unpaired) electrons. The highest BCUT2D eigenvalue weighted by molar-refractivity contribution is 6.12. The fourth-order valence-corrected chi connectivity index (χ4v) is 1.97. The Morgan fingerprint density at radius 1 is 1.10 bits per heavy atom. The van der Waals surface area contributed by atoms with Gasteiger partial charge in [-0.3, -0.25) is 0 Å². The summed E-state index contributed by atoms with van der Waals surface area (Å²) in [7, 11) is 0. The molecule has 3 nitrogen and oxygen atoms in total. The highest BCUT2D eigenvalue weighted by atomic mass is 19.1. The summed E-state index contributed by atoms with van der Waals surface area (Å²) in [6.45, 7) is 1.97. The zero-order valence-corrected chi connectivity index (χ0v) is 11.3. The van der Waals surface area contributed by atoms with Gasteiger partial charge in [0.2, 0.25) is 5.90 Å². The number of nitrogens with zero attached hydrogens (tertiary/aromatic N) is 1. The smallest absolute Gasteiger partial charge is 0.363 e. The number of rotatable bonds is 2.